The zero-order valence-electron chi connectivity index (χ0n) is 19.6. The second-order valence-corrected chi connectivity index (χ2v) is 14.9. The summed E-state index contributed by atoms with van der Waals surface area (Å²) in [6.45, 7) is 4.44. The second-order valence-electron chi connectivity index (χ2n) is 10.5. The van der Waals surface area contributed by atoms with Gasteiger partial charge in [-0.05, 0) is 0 Å². The van der Waals surface area contributed by atoms with Crippen LogP contribution in [0.2, 0.25) is 0 Å². The fourth-order valence-corrected chi connectivity index (χ4v) is 14.1. The number of carbonyl (C=O) groups is 1. The fraction of sp³-hybridized carbons (Fsp3) is 0.962. The minimum atomic E-state index is -2.12. The van der Waals surface area contributed by atoms with E-state index in [2.05, 4.69) is 13.8 Å². The van der Waals surface area contributed by atoms with Crippen molar-refractivity contribution in [2.45, 2.75) is 153 Å². The molecule has 0 heterocycles. The zero-order chi connectivity index (χ0) is 20.5. The van der Waals surface area contributed by atoms with Crippen molar-refractivity contribution in [1.29, 1.82) is 0 Å². The van der Waals surface area contributed by atoms with Crippen LogP contribution >= 0.6 is 7.49 Å². The molecule has 0 N–H and O–H groups in total. The van der Waals surface area contributed by atoms with Crippen molar-refractivity contribution in [3.63, 3.8) is 0 Å². The average Bonchev–Trinajstić information content (AvgIpc) is 2.80. The Morgan fingerprint density at radius 1 is 0.759 bits per heavy atom. The van der Waals surface area contributed by atoms with Crippen LogP contribution in [0.4, 0.5) is 0 Å². The summed E-state index contributed by atoms with van der Waals surface area (Å²) >= 11 is 0. The Balaban J connectivity index is 1.91. The van der Waals surface area contributed by atoms with E-state index in [9.17, 15) is 4.79 Å². The van der Waals surface area contributed by atoms with Gasteiger partial charge >= 0.3 is 182 Å². The molecule has 0 aromatic rings. The summed E-state index contributed by atoms with van der Waals surface area (Å²) in [7, 11) is -2.12. The van der Waals surface area contributed by atoms with Crippen molar-refractivity contribution in [3.8, 4) is 0 Å². The van der Waals surface area contributed by atoms with E-state index in [4.69, 9.17) is 4.52 Å². The van der Waals surface area contributed by atoms with Crippen LogP contribution < -0.4 is 0 Å². The monoisotopic (exact) mass is 424 g/mol. The maximum atomic E-state index is 13.6. The molecule has 3 saturated carbocycles. The van der Waals surface area contributed by atoms with Crippen LogP contribution in [0.3, 0.4) is 0 Å². The molecule has 3 heteroatoms. The van der Waals surface area contributed by atoms with Gasteiger partial charge in [0.15, 0.2) is 0 Å². The molecule has 0 spiro atoms. The summed E-state index contributed by atoms with van der Waals surface area (Å²) in [4.78, 5) is 13.6. The third kappa shape index (κ3) is 5.78. The molecule has 0 aliphatic heterocycles. The summed E-state index contributed by atoms with van der Waals surface area (Å²) in [5.74, 6) is 0.381. The van der Waals surface area contributed by atoms with Crippen molar-refractivity contribution >= 4 is 13.5 Å². The molecule has 0 aromatic heterocycles. The van der Waals surface area contributed by atoms with Gasteiger partial charge in [0.1, 0.15) is 0 Å². The average molecular weight is 425 g/mol. The molecule has 3 fully saturated rings. The van der Waals surface area contributed by atoms with Gasteiger partial charge in [-0.3, -0.25) is 0 Å². The first-order valence-corrected chi connectivity index (χ1v) is 15.6. The van der Waals surface area contributed by atoms with Gasteiger partial charge in [0.25, 0.3) is 0 Å². The van der Waals surface area contributed by atoms with E-state index >= 15 is 0 Å². The Bertz CT molecular complexity index is 428. The molecule has 0 saturated heterocycles. The first kappa shape index (κ1) is 23.6. The Labute approximate surface area is 181 Å². The van der Waals surface area contributed by atoms with E-state index in [-0.39, 0.29) is 11.9 Å². The molecular weight excluding hydrogens is 375 g/mol. The Morgan fingerprint density at radius 3 is 1.52 bits per heavy atom. The van der Waals surface area contributed by atoms with E-state index in [1.54, 1.807) is 0 Å². The van der Waals surface area contributed by atoms with Gasteiger partial charge in [-0.1, -0.05) is 0 Å². The fourth-order valence-electron chi connectivity index (χ4n) is 7.11. The molecule has 1 unspecified atom stereocenters. The Hall–Kier alpha value is -0.100. The van der Waals surface area contributed by atoms with E-state index in [1.807, 2.05) is 0 Å². The Kier molecular flexibility index (Phi) is 9.81. The van der Waals surface area contributed by atoms with Crippen molar-refractivity contribution in [1.82, 2.24) is 0 Å². The minimum absolute atomic E-state index is 0.151. The maximum absolute atomic E-state index is 13.6. The number of rotatable bonds is 9. The number of carbonyl (C=O) groups excluding carboxylic acids is 1. The van der Waals surface area contributed by atoms with Crippen molar-refractivity contribution in [3.05, 3.63) is 0 Å². The molecule has 0 aromatic carbocycles. The first-order valence-electron chi connectivity index (χ1n) is 13.4. The molecule has 29 heavy (non-hydrogen) atoms. The molecular formula is C26H49O2P. The van der Waals surface area contributed by atoms with E-state index in [1.165, 1.54) is 109 Å². The van der Waals surface area contributed by atoms with E-state index in [0.717, 1.165) is 29.8 Å². The van der Waals surface area contributed by atoms with Crippen molar-refractivity contribution in [2.75, 3.05) is 0 Å². The normalized spacial score (nSPS) is 24.9. The quantitative estimate of drug-likeness (QED) is 0.347. The van der Waals surface area contributed by atoms with Crippen LogP contribution in [0.5, 0.6) is 0 Å². The Morgan fingerprint density at radius 2 is 1.17 bits per heavy atom. The molecule has 3 aliphatic rings. The van der Waals surface area contributed by atoms with E-state index in [0.29, 0.717) is 0 Å². The van der Waals surface area contributed by atoms with Crippen molar-refractivity contribution in [2.24, 2.45) is 5.92 Å². The summed E-state index contributed by atoms with van der Waals surface area (Å²) in [6.07, 6.45) is 25.0. The third-order valence-corrected chi connectivity index (χ3v) is 14.9. The number of unbranched alkanes of at least 4 members (excludes halogenated alkanes) is 1. The van der Waals surface area contributed by atoms with Gasteiger partial charge < -0.3 is 0 Å². The zero-order valence-corrected chi connectivity index (χ0v) is 20.6. The van der Waals surface area contributed by atoms with Gasteiger partial charge in [0, 0.05) is 0 Å². The molecule has 0 bridgehead atoms. The van der Waals surface area contributed by atoms with Crippen LogP contribution in [-0.4, -0.2) is 22.9 Å². The standard InChI is InChI=1S/C26H49O2P/c1-3-5-15-22(4-2)26(27)28-29(23-16-9-6-10-17-23,24-18-11-7-12-19-24)25-20-13-8-14-21-25/h22-25,29H,3-21H2,1-2H3. The van der Waals surface area contributed by atoms with Crippen LogP contribution in [0, 0.1) is 5.92 Å². The molecule has 170 valence electrons. The molecule has 0 amide bonds. The first-order chi connectivity index (χ1) is 14.2. The predicted molar refractivity (Wildman–Crippen MR) is 128 cm³/mol. The summed E-state index contributed by atoms with van der Waals surface area (Å²) in [6, 6.07) is 0. The molecule has 1 atom stereocenters. The summed E-state index contributed by atoms with van der Waals surface area (Å²) < 4.78 is 7.11. The second kappa shape index (κ2) is 12.1. The van der Waals surface area contributed by atoms with Crippen molar-refractivity contribution < 1.29 is 9.32 Å². The van der Waals surface area contributed by atoms with E-state index < -0.39 is 7.49 Å². The van der Waals surface area contributed by atoms with Crippen LogP contribution in [0.15, 0.2) is 0 Å². The van der Waals surface area contributed by atoms with Gasteiger partial charge in [0.2, 0.25) is 0 Å². The summed E-state index contributed by atoms with van der Waals surface area (Å²) in [5, 5.41) is 0. The van der Waals surface area contributed by atoms with Crippen LogP contribution in [0.25, 0.3) is 0 Å². The summed E-state index contributed by atoms with van der Waals surface area (Å²) in [5.41, 5.74) is 2.28. The predicted octanol–water partition coefficient (Wildman–Crippen LogP) is 8.41. The molecule has 3 aliphatic carbocycles. The number of hydrogen-bond acceptors (Lipinski definition) is 2. The molecule has 2 nitrogen and oxygen atoms in total. The van der Waals surface area contributed by atoms with Gasteiger partial charge in [-0.2, -0.15) is 0 Å². The van der Waals surface area contributed by atoms with Gasteiger partial charge in [0.05, 0.1) is 0 Å². The topological polar surface area (TPSA) is 26.3 Å². The van der Waals surface area contributed by atoms with Crippen LogP contribution in [0.1, 0.15) is 136 Å². The van der Waals surface area contributed by atoms with Gasteiger partial charge in [-0.15, -0.1) is 0 Å². The molecule has 0 radical (unpaired) electrons. The number of hydrogen-bond donors (Lipinski definition) is 0. The third-order valence-electron chi connectivity index (χ3n) is 8.74. The van der Waals surface area contributed by atoms with Gasteiger partial charge in [-0.25, -0.2) is 0 Å². The van der Waals surface area contributed by atoms with Crippen LogP contribution in [-0.2, 0) is 9.32 Å². The molecule has 3 rings (SSSR count). The SMILES string of the molecule is CCCCC(CC)C(=O)O[PH](C1CCCCC1)(C1CCCCC1)C1CCCCC1.